The molecule has 0 atom stereocenters. The Bertz CT molecular complexity index is 431. The fourth-order valence-electron chi connectivity index (χ4n) is 1.52. The largest absolute Gasteiger partial charge is 0.508 e. The van der Waals surface area contributed by atoms with Crippen molar-refractivity contribution in [3.63, 3.8) is 0 Å². The number of phenols is 1. The van der Waals surface area contributed by atoms with E-state index in [9.17, 15) is 5.11 Å². The smallest absolute Gasteiger partial charge is 0.120 e. The van der Waals surface area contributed by atoms with E-state index in [1.54, 1.807) is 6.07 Å². The lowest BCUT2D eigenvalue weighted by atomic mass is 10.0. The zero-order valence-corrected chi connectivity index (χ0v) is 10.3. The standard InChI is InChI=1S/C13H11IO/c14-12-7-4-8-13(15)11(12)9-10-5-2-1-3-6-10/h1-8,15H,9H2. The van der Waals surface area contributed by atoms with E-state index in [2.05, 4.69) is 34.7 Å². The number of rotatable bonds is 2. The first kappa shape index (κ1) is 10.5. The molecular formula is C13H11IO. The monoisotopic (exact) mass is 310 g/mol. The lowest BCUT2D eigenvalue weighted by Gasteiger charge is -2.06. The minimum absolute atomic E-state index is 0.380. The SMILES string of the molecule is Oc1cccc(I)c1Cc1ccccc1. The average Bonchev–Trinajstić information content (AvgIpc) is 2.25. The maximum atomic E-state index is 9.75. The first-order valence-electron chi connectivity index (χ1n) is 4.77. The summed E-state index contributed by atoms with van der Waals surface area (Å²) in [4.78, 5) is 0. The highest BCUT2D eigenvalue weighted by Gasteiger charge is 2.05. The van der Waals surface area contributed by atoms with Crippen LogP contribution in [0.15, 0.2) is 48.5 Å². The van der Waals surface area contributed by atoms with E-state index in [0.29, 0.717) is 5.75 Å². The molecule has 15 heavy (non-hydrogen) atoms. The molecule has 0 aliphatic heterocycles. The Morgan fingerprint density at radius 3 is 2.33 bits per heavy atom. The lowest BCUT2D eigenvalue weighted by molar-refractivity contribution is 0.469. The van der Waals surface area contributed by atoms with Crippen molar-refractivity contribution < 1.29 is 5.11 Å². The summed E-state index contributed by atoms with van der Waals surface area (Å²) in [6, 6.07) is 15.8. The Labute approximate surface area is 103 Å². The van der Waals surface area contributed by atoms with Crippen molar-refractivity contribution in [2.45, 2.75) is 6.42 Å². The predicted octanol–water partition coefficient (Wildman–Crippen LogP) is 3.59. The van der Waals surface area contributed by atoms with E-state index in [1.165, 1.54) is 5.56 Å². The highest BCUT2D eigenvalue weighted by Crippen LogP contribution is 2.25. The third-order valence-electron chi connectivity index (χ3n) is 2.32. The van der Waals surface area contributed by atoms with E-state index >= 15 is 0 Å². The number of hydrogen-bond donors (Lipinski definition) is 1. The van der Waals surface area contributed by atoms with Gasteiger partial charge >= 0.3 is 0 Å². The van der Waals surface area contributed by atoms with Crippen LogP contribution in [0.1, 0.15) is 11.1 Å². The van der Waals surface area contributed by atoms with Crippen molar-refractivity contribution in [3.8, 4) is 5.75 Å². The molecule has 0 saturated heterocycles. The van der Waals surface area contributed by atoms with Crippen molar-refractivity contribution in [1.82, 2.24) is 0 Å². The highest BCUT2D eigenvalue weighted by molar-refractivity contribution is 14.1. The Morgan fingerprint density at radius 1 is 0.933 bits per heavy atom. The lowest BCUT2D eigenvalue weighted by Crippen LogP contribution is -1.91. The topological polar surface area (TPSA) is 20.2 Å². The molecule has 0 fully saturated rings. The van der Waals surface area contributed by atoms with E-state index < -0.39 is 0 Å². The number of phenolic OH excluding ortho intramolecular Hbond substituents is 1. The molecule has 0 aliphatic carbocycles. The summed E-state index contributed by atoms with van der Waals surface area (Å²) >= 11 is 2.25. The van der Waals surface area contributed by atoms with Gasteiger partial charge in [0.15, 0.2) is 0 Å². The molecule has 0 unspecified atom stereocenters. The van der Waals surface area contributed by atoms with Gasteiger partial charge in [0.2, 0.25) is 0 Å². The molecule has 0 aliphatic rings. The molecule has 2 aromatic carbocycles. The molecule has 1 N–H and O–H groups in total. The maximum Gasteiger partial charge on any atom is 0.120 e. The summed E-state index contributed by atoms with van der Waals surface area (Å²) in [6.45, 7) is 0. The second kappa shape index (κ2) is 4.66. The molecule has 76 valence electrons. The number of hydrogen-bond acceptors (Lipinski definition) is 1. The normalized spacial score (nSPS) is 10.2. The van der Waals surface area contributed by atoms with Gasteiger partial charge in [-0.05, 0) is 40.3 Å². The highest BCUT2D eigenvalue weighted by atomic mass is 127. The molecule has 2 aromatic rings. The molecule has 0 bridgehead atoms. The zero-order valence-electron chi connectivity index (χ0n) is 8.15. The second-order valence-corrected chi connectivity index (χ2v) is 4.56. The van der Waals surface area contributed by atoms with Gasteiger partial charge in [-0.1, -0.05) is 36.4 Å². The summed E-state index contributed by atoms with van der Waals surface area (Å²) in [5, 5.41) is 9.75. The third kappa shape index (κ3) is 2.50. The Balaban J connectivity index is 2.32. The molecule has 0 spiro atoms. The molecule has 0 aromatic heterocycles. The third-order valence-corrected chi connectivity index (χ3v) is 3.33. The molecule has 0 amide bonds. The number of benzene rings is 2. The van der Waals surface area contributed by atoms with Gasteiger partial charge in [-0.25, -0.2) is 0 Å². The van der Waals surface area contributed by atoms with E-state index in [0.717, 1.165) is 15.6 Å². The summed E-state index contributed by atoms with van der Waals surface area (Å²) in [7, 11) is 0. The van der Waals surface area contributed by atoms with Crippen molar-refractivity contribution >= 4 is 22.6 Å². The van der Waals surface area contributed by atoms with Crippen LogP contribution in [0.5, 0.6) is 5.75 Å². The van der Waals surface area contributed by atoms with Crippen molar-refractivity contribution in [2.75, 3.05) is 0 Å². The Kier molecular flexibility index (Phi) is 3.26. The van der Waals surface area contributed by atoms with Crippen LogP contribution in [0.25, 0.3) is 0 Å². The first-order valence-corrected chi connectivity index (χ1v) is 5.85. The average molecular weight is 310 g/mol. The summed E-state index contributed by atoms with van der Waals surface area (Å²) in [5.74, 6) is 0.380. The van der Waals surface area contributed by atoms with Crippen LogP contribution in [0.3, 0.4) is 0 Å². The van der Waals surface area contributed by atoms with Crippen LogP contribution in [-0.2, 0) is 6.42 Å². The van der Waals surface area contributed by atoms with Crippen LogP contribution in [0.2, 0.25) is 0 Å². The van der Waals surface area contributed by atoms with Gasteiger partial charge < -0.3 is 5.11 Å². The van der Waals surface area contributed by atoms with Crippen LogP contribution < -0.4 is 0 Å². The minimum atomic E-state index is 0.380. The summed E-state index contributed by atoms with van der Waals surface area (Å²) in [6.07, 6.45) is 0.784. The number of halogens is 1. The van der Waals surface area contributed by atoms with Crippen molar-refractivity contribution in [3.05, 3.63) is 63.2 Å². The van der Waals surface area contributed by atoms with Crippen LogP contribution in [0.4, 0.5) is 0 Å². The van der Waals surface area contributed by atoms with Gasteiger partial charge in [0.1, 0.15) is 5.75 Å². The van der Waals surface area contributed by atoms with Crippen LogP contribution in [-0.4, -0.2) is 5.11 Å². The molecular weight excluding hydrogens is 299 g/mol. The van der Waals surface area contributed by atoms with Gasteiger partial charge in [0, 0.05) is 15.6 Å². The zero-order chi connectivity index (χ0) is 10.7. The van der Waals surface area contributed by atoms with Gasteiger partial charge in [-0.2, -0.15) is 0 Å². The fourth-order valence-corrected chi connectivity index (χ4v) is 2.20. The Hall–Kier alpha value is -1.03. The molecule has 0 heterocycles. The maximum absolute atomic E-state index is 9.75. The molecule has 1 nitrogen and oxygen atoms in total. The first-order chi connectivity index (χ1) is 7.27. The molecule has 0 saturated carbocycles. The van der Waals surface area contributed by atoms with Gasteiger partial charge in [-0.15, -0.1) is 0 Å². The van der Waals surface area contributed by atoms with Gasteiger partial charge in [0.05, 0.1) is 0 Å². The minimum Gasteiger partial charge on any atom is -0.508 e. The fraction of sp³-hybridized carbons (Fsp3) is 0.0769. The quantitative estimate of drug-likeness (QED) is 0.841. The van der Waals surface area contributed by atoms with Gasteiger partial charge in [0.25, 0.3) is 0 Å². The van der Waals surface area contributed by atoms with E-state index in [1.807, 2.05) is 30.3 Å². The molecule has 2 heteroatoms. The molecule has 0 radical (unpaired) electrons. The predicted molar refractivity (Wildman–Crippen MR) is 70.1 cm³/mol. The summed E-state index contributed by atoms with van der Waals surface area (Å²) < 4.78 is 1.11. The van der Waals surface area contributed by atoms with E-state index in [4.69, 9.17) is 0 Å². The second-order valence-electron chi connectivity index (χ2n) is 3.40. The van der Waals surface area contributed by atoms with Crippen molar-refractivity contribution in [1.29, 1.82) is 0 Å². The Morgan fingerprint density at radius 2 is 1.67 bits per heavy atom. The van der Waals surface area contributed by atoms with Crippen LogP contribution >= 0.6 is 22.6 Å². The molecule has 2 rings (SSSR count). The van der Waals surface area contributed by atoms with Gasteiger partial charge in [-0.3, -0.25) is 0 Å². The van der Waals surface area contributed by atoms with E-state index in [-0.39, 0.29) is 0 Å². The summed E-state index contributed by atoms with van der Waals surface area (Å²) in [5.41, 5.74) is 2.22. The van der Waals surface area contributed by atoms with Crippen molar-refractivity contribution in [2.24, 2.45) is 0 Å². The number of aromatic hydroxyl groups is 1. The van der Waals surface area contributed by atoms with Crippen LogP contribution in [0, 0.1) is 3.57 Å².